The number of rotatable bonds is 3. The highest BCUT2D eigenvalue weighted by Crippen LogP contribution is 2.45. The SMILES string of the molecule is CC1CC(CN)(C(=O)Nc2ccc3ncccc3c2)C1. The molecule has 3 rings (SSSR count). The zero-order valence-electron chi connectivity index (χ0n) is 11.6. The normalized spacial score (nSPS) is 25.2. The molecule has 4 nitrogen and oxygen atoms in total. The van der Waals surface area contributed by atoms with Crippen molar-refractivity contribution in [3.05, 3.63) is 36.5 Å². The van der Waals surface area contributed by atoms with Crippen LogP contribution in [-0.2, 0) is 4.79 Å². The van der Waals surface area contributed by atoms with E-state index in [9.17, 15) is 4.79 Å². The fourth-order valence-electron chi connectivity index (χ4n) is 3.14. The van der Waals surface area contributed by atoms with Crippen molar-refractivity contribution < 1.29 is 4.79 Å². The van der Waals surface area contributed by atoms with Gasteiger partial charge in [0.15, 0.2) is 0 Å². The van der Waals surface area contributed by atoms with Crippen LogP contribution in [0, 0.1) is 11.3 Å². The number of nitrogens with zero attached hydrogens (tertiary/aromatic N) is 1. The van der Waals surface area contributed by atoms with Crippen molar-refractivity contribution in [3.8, 4) is 0 Å². The van der Waals surface area contributed by atoms with Gasteiger partial charge < -0.3 is 11.1 Å². The number of hydrogen-bond donors (Lipinski definition) is 2. The summed E-state index contributed by atoms with van der Waals surface area (Å²) in [7, 11) is 0. The lowest BCUT2D eigenvalue weighted by molar-refractivity contribution is -0.132. The van der Waals surface area contributed by atoms with Gasteiger partial charge >= 0.3 is 0 Å². The average molecular weight is 269 g/mol. The highest BCUT2D eigenvalue weighted by atomic mass is 16.2. The summed E-state index contributed by atoms with van der Waals surface area (Å²) in [6, 6.07) is 9.64. The van der Waals surface area contributed by atoms with Crippen molar-refractivity contribution in [1.82, 2.24) is 4.98 Å². The summed E-state index contributed by atoms with van der Waals surface area (Å²) in [6.45, 7) is 2.57. The van der Waals surface area contributed by atoms with Gasteiger partial charge in [0.2, 0.25) is 5.91 Å². The van der Waals surface area contributed by atoms with Crippen molar-refractivity contribution in [1.29, 1.82) is 0 Å². The number of hydrogen-bond acceptors (Lipinski definition) is 3. The monoisotopic (exact) mass is 269 g/mol. The molecule has 1 aromatic carbocycles. The van der Waals surface area contributed by atoms with Crippen LogP contribution in [-0.4, -0.2) is 17.4 Å². The number of amides is 1. The van der Waals surface area contributed by atoms with Gasteiger partial charge in [0.25, 0.3) is 0 Å². The fourth-order valence-corrected chi connectivity index (χ4v) is 3.14. The summed E-state index contributed by atoms with van der Waals surface area (Å²) in [6.07, 6.45) is 3.52. The Morgan fingerprint density at radius 1 is 1.45 bits per heavy atom. The molecule has 1 amide bonds. The smallest absolute Gasteiger partial charge is 0.231 e. The van der Waals surface area contributed by atoms with Gasteiger partial charge in [0.1, 0.15) is 0 Å². The van der Waals surface area contributed by atoms with Crippen LogP contribution in [0.15, 0.2) is 36.5 Å². The second-order valence-corrected chi connectivity index (χ2v) is 5.86. The number of carbonyl (C=O) groups excluding carboxylic acids is 1. The predicted octanol–water partition coefficient (Wildman–Crippen LogP) is 2.55. The number of nitrogens with one attached hydrogen (secondary N) is 1. The molecule has 1 saturated carbocycles. The number of nitrogens with two attached hydrogens (primary N) is 1. The molecule has 20 heavy (non-hydrogen) atoms. The summed E-state index contributed by atoms with van der Waals surface area (Å²) >= 11 is 0. The topological polar surface area (TPSA) is 68.0 Å². The molecule has 1 heterocycles. The molecular weight excluding hydrogens is 250 g/mol. The molecule has 1 aliphatic carbocycles. The Labute approximate surface area is 118 Å². The summed E-state index contributed by atoms with van der Waals surface area (Å²) in [5, 5.41) is 4.02. The lowest BCUT2D eigenvalue weighted by Gasteiger charge is -2.44. The number of carbonyl (C=O) groups is 1. The summed E-state index contributed by atoms with van der Waals surface area (Å²) in [5.41, 5.74) is 7.17. The van der Waals surface area contributed by atoms with Gasteiger partial charge in [-0.15, -0.1) is 0 Å². The minimum Gasteiger partial charge on any atom is -0.329 e. The summed E-state index contributed by atoms with van der Waals surface area (Å²) in [5.74, 6) is 0.631. The third-order valence-electron chi connectivity index (χ3n) is 4.21. The van der Waals surface area contributed by atoms with Crippen LogP contribution in [0.5, 0.6) is 0 Å². The molecule has 1 aromatic heterocycles. The maximum absolute atomic E-state index is 12.4. The van der Waals surface area contributed by atoms with Crippen LogP contribution in [0.3, 0.4) is 0 Å². The lowest BCUT2D eigenvalue weighted by atomic mass is 9.62. The highest BCUT2D eigenvalue weighted by molar-refractivity contribution is 5.97. The van der Waals surface area contributed by atoms with Crippen LogP contribution < -0.4 is 11.1 Å². The Morgan fingerprint density at radius 3 is 2.95 bits per heavy atom. The second kappa shape index (κ2) is 4.87. The van der Waals surface area contributed by atoms with E-state index in [0.717, 1.165) is 29.4 Å². The molecule has 0 spiro atoms. The van der Waals surface area contributed by atoms with E-state index in [4.69, 9.17) is 5.73 Å². The highest BCUT2D eigenvalue weighted by Gasteiger charge is 2.47. The van der Waals surface area contributed by atoms with E-state index in [2.05, 4.69) is 17.2 Å². The zero-order chi connectivity index (χ0) is 14.2. The molecule has 1 fully saturated rings. The van der Waals surface area contributed by atoms with E-state index in [1.54, 1.807) is 6.20 Å². The van der Waals surface area contributed by atoms with E-state index in [0.29, 0.717) is 12.5 Å². The van der Waals surface area contributed by atoms with Gasteiger partial charge in [0.05, 0.1) is 10.9 Å². The van der Waals surface area contributed by atoms with Crippen LogP contribution >= 0.6 is 0 Å². The third kappa shape index (κ3) is 2.16. The number of benzene rings is 1. The zero-order valence-corrected chi connectivity index (χ0v) is 11.6. The molecule has 104 valence electrons. The number of fused-ring (bicyclic) bond motifs is 1. The summed E-state index contributed by atoms with van der Waals surface area (Å²) < 4.78 is 0. The molecule has 4 heteroatoms. The molecule has 0 bridgehead atoms. The minimum absolute atomic E-state index is 0.0429. The molecule has 3 N–H and O–H groups in total. The van der Waals surface area contributed by atoms with Crippen molar-refractivity contribution in [2.75, 3.05) is 11.9 Å². The Balaban J connectivity index is 1.80. The van der Waals surface area contributed by atoms with Crippen molar-refractivity contribution in [3.63, 3.8) is 0 Å². The minimum atomic E-state index is -0.372. The molecule has 0 unspecified atom stereocenters. The molecule has 0 radical (unpaired) electrons. The number of aromatic nitrogens is 1. The Kier molecular flexibility index (Phi) is 3.18. The first kappa shape index (κ1) is 13.1. The van der Waals surface area contributed by atoms with Gasteiger partial charge in [-0.05, 0) is 43.0 Å². The summed E-state index contributed by atoms with van der Waals surface area (Å²) in [4.78, 5) is 16.7. The number of pyridine rings is 1. The molecule has 0 aliphatic heterocycles. The molecule has 1 aliphatic rings. The number of anilines is 1. The van der Waals surface area contributed by atoms with E-state index >= 15 is 0 Å². The molecule has 2 aromatic rings. The maximum atomic E-state index is 12.4. The van der Waals surface area contributed by atoms with Gasteiger partial charge in [-0.25, -0.2) is 0 Å². The largest absolute Gasteiger partial charge is 0.329 e. The predicted molar refractivity (Wildman–Crippen MR) is 80.3 cm³/mol. The third-order valence-corrected chi connectivity index (χ3v) is 4.21. The Hall–Kier alpha value is -1.94. The standard InChI is InChI=1S/C16H19N3O/c1-11-8-16(9-11,10-17)15(20)19-13-4-5-14-12(7-13)3-2-6-18-14/h2-7,11H,8-10,17H2,1H3,(H,19,20). The first-order valence-corrected chi connectivity index (χ1v) is 6.99. The van der Waals surface area contributed by atoms with E-state index < -0.39 is 0 Å². The fraction of sp³-hybridized carbons (Fsp3) is 0.375. The Morgan fingerprint density at radius 2 is 2.25 bits per heavy atom. The average Bonchev–Trinajstić information content (AvgIpc) is 2.43. The second-order valence-electron chi connectivity index (χ2n) is 5.86. The van der Waals surface area contributed by atoms with Crippen LogP contribution in [0.4, 0.5) is 5.69 Å². The molecular formula is C16H19N3O. The quantitative estimate of drug-likeness (QED) is 0.899. The van der Waals surface area contributed by atoms with Crippen LogP contribution in [0.1, 0.15) is 19.8 Å². The first-order chi connectivity index (χ1) is 9.63. The first-order valence-electron chi connectivity index (χ1n) is 6.99. The van der Waals surface area contributed by atoms with Gasteiger partial charge in [0, 0.05) is 23.8 Å². The maximum Gasteiger partial charge on any atom is 0.231 e. The van der Waals surface area contributed by atoms with Gasteiger partial charge in [-0.3, -0.25) is 9.78 Å². The van der Waals surface area contributed by atoms with Crippen molar-refractivity contribution in [2.24, 2.45) is 17.1 Å². The Bertz CT molecular complexity index is 647. The van der Waals surface area contributed by atoms with E-state index in [-0.39, 0.29) is 11.3 Å². The van der Waals surface area contributed by atoms with Gasteiger partial charge in [-0.2, -0.15) is 0 Å². The van der Waals surface area contributed by atoms with Crippen molar-refractivity contribution in [2.45, 2.75) is 19.8 Å². The van der Waals surface area contributed by atoms with Crippen LogP contribution in [0.2, 0.25) is 0 Å². The van der Waals surface area contributed by atoms with E-state index in [1.165, 1.54) is 0 Å². The van der Waals surface area contributed by atoms with E-state index in [1.807, 2.05) is 30.3 Å². The lowest BCUT2D eigenvalue weighted by Crippen LogP contribution is -2.51. The van der Waals surface area contributed by atoms with Gasteiger partial charge in [-0.1, -0.05) is 13.0 Å². The molecule has 0 saturated heterocycles. The molecule has 0 atom stereocenters. The van der Waals surface area contributed by atoms with Crippen molar-refractivity contribution >= 4 is 22.5 Å². The van der Waals surface area contributed by atoms with Crippen LogP contribution in [0.25, 0.3) is 10.9 Å².